The predicted octanol–water partition coefficient (Wildman–Crippen LogP) is 1.93. The van der Waals surface area contributed by atoms with Crippen LogP contribution in [0.3, 0.4) is 0 Å². The van der Waals surface area contributed by atoms with Gasteiger partial charge in [0.25, 0.3) is 0 Å². The third-order valence-corrected chi connectivity index (χ3v) is 4.62. The van der Waals surface area contributed by atoms with Crippen molar-refractivity contribution in [2.45, 2.75) is 24.7 Å². The van der Waals surface area contributed by atoms with E-state index < -0.39 is 5.41 Å². The molecular weight excluding hydrogens is 255 g/mol. The summed E-state index contributed by atoms with van der Waals surface area (Å²) in [4.78, 5) is 14.7. The number of amides is 1. The Kier molecular flexibility index (Phi) is 3.50. The molecule has 2 aliphatic rings. The van der Waals surface area contributed by atoms with E-state index in [1.165, 1.54) is 12.1 Å². The van der Waals surface area contributed by atoms with Crippen LogP contribution < -0.4 is 5.32 Å². The van der Waals surface area contributed by atoms with Crippen molar-refractivity contribution in [3.63, 3.8) is 0 Å². The normalized spacial score (nSPS) is 24.6. The fourth-order valence-corrected chi connectivity index (χ4v) is 3.14. The first-order valence-corrected chi connectivity index (χ1v) is 7.33. The molecule has 1 aromatic carbocycles. The summed E-state index contributed by atoms with van der Waals surface area (Å²) in [5.41, 5.74) is 0.554. The fourth-order valence-electron chi connectivity index (χ4n) is 3.14. The van der Waals surface area contributed by atoms with Crippen LogP contribution in [0, 0.1) is 11.7 Å². The highest BCUT2D eigenvalue weighted by molar-refractivity contribution is 5.91. The second-order valence-electron chi connectivity index (χ2n) is 6.22. The number of nitrogens with zero attached hydrogens (tertiary/aromatic N) is 1. The van der Waals surface area contributed by atoms with Gasteiger partial charge in [0.1, 0.15) is 5.82 Å². The van der Waals surface area contributed by atoms with Crippen molar-refractivity contribution < 1.29 is 9.18 Å². The van der Waals surface area contributed by atoms with Crippen LogP contribution in [-0.2, 0) is 10.2 Å². The molecule has 1 heterocycles. The maximum Gasteiger partial charge on any atom is 0.230 e. The van der Waals surface area contributed by atoms with E-state index in [1.54, 1.807) is 12.1 Å². The van der Waals surface area contributed by atoms with E-state index >= 15 is 0 Å². The fraction of sp³-hybridized carbons (Fsp3) is 0.562. The average Bonchev–Trinajstić information content (AvgIpc) is 3.15. The third-order valence-electron chi connectivity index (χ3n) is 4.62. The highest BCUT2D eigenvalue weighted by Gasteiger charge is 2.51. The lowest BCUT2D eigenvalue weighted by Gasteiger charge is -2.18. The zero-order valence-electron chi connectivity index (χ0n) is 11.9. The molecule has 3 nitrogen and oxygen atoms in total. The molecule has 1 aliphatic carbocycles. The van der Waals surface area contributed by atoms with Crippen LogP contribution in [0.5, 0.6) is 0 Å². The lowest BCUT2D eigenvalue weighted by molar-refractivity contribution is -0.123. The molecule has 1 N–H and O–H groups in total. The largest absolute Gasteiger partial charge is 0.355 e. The Morgan fingerprint density at radius 1 is 1.40 bits per heavy atom. The van der Waals surface area contributed by atoms with Crippen LogP contribution in [0.15, 0.2) is 24.3 Å². The molecule has 1 amide bonds. The van der Waals surface area contributed by atoms with Gasteiger partial charge in [-0.25, -0.2) is 4.39 Å². The van der Waals surface area contributed by atoms with Gasteiger partial charge >= 0.3 is 0 Å². The molecule has 1 aliphatic heterocycles. The summed E-state index contributed by atoms with van der Waals surface area (Å²) < 4.78 is 13.0. The van der Waals surface area contributed by atoms with Gasteiger partial charge in [-0.2, -0.15) is 0 Å². The summed E-state index contributed by atoms with van der Waals surface area (Å²) >= 11 is 0. The van der Waals surface area contributed by atoms with Crippen LogP contribution in [0.1, 0.15) is 24.8 Å². The van der Waals surface area contributed by atoms with Gasteiger partial charge in [0.05, 0.1) is 5.41 Å². The SMILES string of the molecule is CN1CCC(CNC(=O)C2(c3ccc(F)cc3)CC2)C1. The first-order valence-electron chi connectivity index (χ1n) is 7.33. The number of benzene rings is 1. The highest BCUT2D eigenvalue weighted by Crippen LogP contribution is 2.48. The summed E-state index contributed by atoms with van der Waals surface area (Å²) in [6, 6.07) is 6.36. The molecule has 0 aromatic heterocycles. The van der Waals surface area contributed by atoms with Crippen LogP contribution in [0.4, 0.5) is 4.39 Å². The van der Waals surface area contributed by atoms with Gasteiger partial charge in [0, 0.05) is 13.1 Å². The van der Waals surface area contributed by atoms with E-state index in [4.69, 9.17) is 0 Å². The van der Waals surface area contributed by atoms with E-state index in [2.05, 4.69) is 17.3 Å². The molecule has 4 heteroatoms. The number of rotatable bonds is 4. The predicted molar refractivity (Wildman–Crippen MR) is 75.9 cm³/mol. The molecular formula is C16H21FN2O. The Morgan fingerprint density at radius 3 is 2.65 bits per heavy atom. The molecule has 3 rings (SSSR count). The van der Waals surface area contributed by atoms with Crippen LogP contribution >= 0.6 is 0 Å². The van der Waals surface area contributed by atoms with Crippen LogP contribution in [0.25, 0.3) is 0 Å². The molecule has 1 unspecified atom stereocenters. The monoisotopic (exact) mass is 276 g/mol. The highest BCUT2D eigenvalue weighted by atomic mass is 19.1. The second-order valence-corrected chi connectivity index (χ2v) is 6.22. The summed E-state index contributed by atoms with van der Waals surface area (Å²) in [7, 11) is 2.11. The molecule has 20 heavy (non-hydrogen) atoms. The standard InChI is InChI=1S/C16H21FN2O/c1-19-9-6-12(11-19)10-18-15(20)16(7-8-16)13-2-4-14(17)5-3-13/h2-5,12H,6-11H2,1H3,(H,18,20). The Balaban J connectivity index is 1.60. The minimum absolute atomic E-state index is 0.110. The van der Waals surface area contributed by atoms with E-state index in [0.29, 0.717) is 5.92 Å². The van der Waals surface area contributed by atoms with Gasteiger partial charge in [-0.05, 0) is 56.5 Å². The van der Waals surface area contributed by atoms with Crippen molar-refractivity contribution in [1.82, 2.24) is 10.2 Å². The van der Waals surface area contributed by atoms with Crippen molar-refractivity contribution >= 4 is 5.91 Å². The lowest BCUT2D eigenvalue weighted by atomic mass is 9.94. The lowest BCUT2D eigenvalue weighted by Crippen LogP contribution is -2.38. The minimum Gasteiger partial charge on any atom is -0.355 e. The molecule has 1 saturated carbocycles. The summed E-state index contributed by atoms with van der Waals surface area (Å²) in [5.74, 6) is 0.422. The van der Waals surface area contributed by atoms with Gasteiger partial charge in [0.2, 0.25) is 5.91 Å². The second kappa shape index (κ2) is 5.17. The zero-order valence-corrected chi connectivity index (χ0v) is 11.9. The van der Waals surface area contributed by atoms with Gasteiger partial charge in [0.15, 0.2) is 0 Å². The van der Waals surface area contributed by atoms with Crippen molar-refractivity contribution in [3.8, 4) is 0 Å². The van der Waals surface area contributed by atoms with Crippen molar-refractivity contribution in [3.05, 3.63) is 35.6 Å². The van der Waals surface area contributed by atoms with Gasteiger partial charge in [-0.1, -0.05) is 12.1 Å². The smallest absolute Gasteiger partial charge is 0.230 e. The van der Waals surface area contributed by atoms with Crippen molar-refractivity contribution in [2.75, 3.05) is 26.7 Å². The van der Waals surface area contributed by atoms with E-state index in [9.17, 15) is 9.18 Å². The van der Waals surface area contributed by atoms with Crippen LogP contribution in [0.2, 0.25) is 0 Å². The van der Waals surface area contributed by atoms with Crippen molar-refractivity contribution in [2.24, 2.45) is 5.92 Å². The molecule has 2 fully saturated rings. The maximum absolute atomic E-state index is 13.0. The first-order chi connectivity index (χ1) is 9.60. The number of halogens is 1. The van der Waals surface area contributed by atoms with Crippen molar-refractivity contribution in [1.29, 1.82) is 0 Å². The Bertz CT molecular complexity index is 496. The van der Waals surface area contributed by atoms with E-state index in [-0.39, 0.29) is 11.7 Å². The number of likely N-dealkylation sites (tertiary alicyclic amines) is 1. The van der Waals surface area contributed by atoms with E-state index in [0.717, 1.165) is 44.5 Å². The third kappa shape index (κ3) is 2.57. The average molecular weight is 276 g/mol. The molecule has 108 valence electrons. The topological polar surface area (TPSA) is 32.3 Å². The molecule has 1 atom stereocenters. The van der Waals surface area contributed by atoms with Gasteiger partial charge in [-0.15, -0.1) is 0 Å². The van der Waals surface area contributed by atoms with Gasteiger partial charge in [-0.3, -0.25) is 4.79 Å². The minimum atomic E-state index is -0.391. The number of carbonyl (C=O) groups is 1. The summed E-state index contributed by atoms with van der Waals surface area (Å²) in [6.45, 7) is 2.93. The number of hydrogen-bond acceptors (Lipinski definition) is 2. The number of nitrogens with one attached hydrogen (secondary N) is 1. The number of carbonyl (C=O) groups excluding carboxylic acids is 1. The summed E-state index contributed by atoms with van der Waals surface area (Å²) in [6.07, 6.45) is 2.89. The Hall–Kier alpha value is -1.42. The number of hydrogen-bond donors (Lipinski definition) is 1. The Labute approximate surface area is 119 Å². The zero-order chi connectivity index (χ0) is 14.2. The first kappa shape index (κ1) is 13.6. The van der Waals surface area contributed by atoms with Gasteiger partial charge < -0.3 is 10.2 Å². The summed E-state index contributed by atoms with van der Waals surface area (Å²) in [5, 5.41) is 3.10. The Morgan fingerprint density at radius 2 is 2.10 bits per heavy atom. The molecule has 0 bridgehead atoms. The molecule has 0 radical (unpaired) electrons. The maximum atomic E-state index is 13.0. The quantitative estimate of drug-likeness (QED) is 0.911. The molecule has 1 saturated heterocycles. The van der Waals surface area contributed by atoms with E-state index in [1.807, 2.05) is 0 Å². The van der Waals surface area contributed by atoms with Crippen LogP contribution in [-0.4, -0.2) is 37.5 Å². The molecule has 1 aromatic rings. The molecule has 0 spiro atoms.